The van der Waals surface area contributed by atoms with Crippen LogP contribution < -0.4 is 4.74 Å². The van der Waals surface area contributed by atoms with E-state index in [-0.39, 0.29) is 0 Å². The first-order valence-electron chi connectivity index (χ1n) is 6.27. The van der Waals surface area contributed by atoms with Gasteiger partial charge in [-0.1, -0.05) is 24.3 Å². The Balaban J connectivity index is 2.09. The molecule has 0 unspecified atom stereocenters. The lowest BCUT2D eigenvalue weighted by atomic mass is 10.2. The zero-order valence-corrected chi connectivity index (χ0v) is 11.2. The zero-order chi connectivity index (χ0) is 13.5. The number of aromatic amines is 1. The van der Waals surface area contributed by atoms with Crippen molar-refractivity contribution in [2.75, 3.05) is 13.7 Å². The molecule has 4 heteroatoms. The third-order valence-corrected chi connectivity index (χ3v) is 2.90. The Morgan fingerprint density at radius 1 is 1.37 bits per heavy atom. The Morgan fingerprint density at radius 3 is 2.89 bits per heavy atom. The molecule has 1 N–H and O–H groups in total. The summed E-state index contributed by atoms with van der Waals surface area (Å²) in [5, 5.41) is 0. The van der Waals surface area contributed by atoms with Gasteiger partial charge in [-0.05, 0) is 6.07 Å². The van der Waals surface area contributed by atoms with Gasteiger partial charge in [0.15, 0.2) is 0 Å². The number of imidazole rings is 1. The summed E-state index contributed by atoms with van der Waals surface area (Å²) >= 11 is 0. The zero-order valence-electron chi connectivity index (χ0n) is 11.2. The SMILES string of the molecule is C=CCN(Cc1ncc[nH]1)Cc1ccccc1OC. The highest BCUT2D eigenvalue weighted by molar-refractivity contribution is 5.33. The molecule has 4 nitrogen and oxygen atoms in total. The number of methoxy groups -OCH3 is 1. The number of benzene rings is 1. The Morgan fingerprint density at radius 2 is 2.21 bits per heavy atom. The van der Waals surface area contributed by atoms with Gasteiger partial charge in [0.25, 0.3) is 0 Å². The molecule has 2 aromatic rings. The van der Waals surface area contributed by atoms with Crippen molar-refractivity contribution in [2.45, 2.75) is 13.1 Å². The molecule has 0 radical (unpaired) electrons. The summed E-state index contributed by atoms with van der Waals surface area (Å²) in [5.74, 6) is 1.87. The Bertz CT molecular complexity index is 508. The fraction of sp³-hybridized carbons (Fsp3) is 0.267. The molecular formula is C15H19N3O. The largest absolute Gasteiger partial charge is 0.496 e. The third kappa shape index (κ3) is 3.69. The maximum absolute atomic E-state index is 5.38. The summed E-state index contributed by atoms with van der Waals surface area (Å²) < 4.78 is 5.38. The Labute approximate surface area is 113 Å². The average Bonchev–Trinajstić information content (AvgIpc) is 2.92. The van der Waals surface area contributed by atoms with Gasteiger partial charge in [0, 0.05) is 31.0 Å². The minimum absolute atomic E-state index is 0.761. The number of H-pyrrole nitrogens is 1. The fourth-order valence-corrected chi connectivity index (χ4v) is 2.04. The first-order chi connectivity index (χ1) is 9.33. The minimum Gasteiger partial charge on any atom is -0.496 e. The van der Waals surface area contributed by atoms with Crippen molar-refractivity contribution >= 4 is 0 Å². The molecular weight excluding hydrogens is 238 g/mol. The summed E-state index contributed by atoms with van der Waals surface area (Å²) in [6, 6.07) is 8.06. The van der Waals surface area contributed by atoms with Crippen LogP contribution in [-0.2, 0) is 13.1 Å². The molecule has 0 saturated heterocycles. The highest BCUT2D eigenvalue weighted by Gasteiger charge is 2.10. The quantitative estimate of drug-likeness (QED) is 0.775. The molecule has 100 valence electrons. The molecule has 0 aliphatic heterocycles. The number of para-hydroxylation sites is 1. The highest BCUT2D eigenvalue weighted by Crippen LogP contribution is 2.19. The van der Waals surface area contributed by atoms with Gasteiger partial charge >= 0.3 is 0 Å². The second kappa shape index (κ2) is 6.75. The summed E-state index contributed by atoms with van der Waals surface area (Å²) in [5.41, 5.74) is 1.17. The van der Waals surface area contributed by atoms with Crippen LogP contribution in [0.1, 0.15) is 11.4 Å². The first-order valence-corrected chi connectivity index (χ1v) is 6.27. The average molecular weight is 257 g/mol. The van der Waals surface area contributed by atoms with Crippen molar-refractivity contribution in [3.8, 4) is 5.75 Å². The van der Waals surface area contributed by atoms with Crippen LogP contribution in [0.5, 0.6) is 5.75 Å². The number of hydrogen-bond donors (Lipinski definition) is 1. The van der Waals surface area contributed by atoms with Crippen LogP contribution in [0.3, 0.4) is 0 Å². The first kappa shape index (κ1) is 13.4. The molecule has 0 bridgehead atoms. The Hall–Kier alpha value is -2.07. The van der Waals surface area contributed by atoms with Crippen molar-refractivity contribution in [1.82, 2.24) is 14.9 Å². The normalized spacial score (nSPS) is 10.6. The van der Waals surface area contributed by atoms with Crippen LogP contribution in [0.2, 0.25) is 0 Å². The summed E-state index contributed by atoms with van der Waals surface area (Å²) in [6.45, 7) is 6.18. The van der Waals surface area contributed by atoms with Crippen molar-refractivity contribution in [3.05, 3.63) is 60.7 Å². The number of aromatic nitrogens is 2. The standard InChI is InChI=1S/C15H19N3O/c1-3-10-18(12-15-16-8-9-17-15)11-13-6-4-5-7-14(13)19-2/h3-9H,1,10-12H2,2H3,(H,16,17). The smallest absolute Gasteiger partial charge is 0.123 e. The van der Waals surface area contributed by atoms with Crippen molar-refractivity contribution in [1.29, 1.82) is 0 Å². The number of nitrogens with zero attached hydrogens (tertiary/aromatic N) is 2. The van der Waals surface area contributed by atoms with Gasteiger partial charge in [-0.2, -0.15) is 0 Å². The third-order valence-electron chi connectivity index (χ3n) is 2.90. The van der Waals surface area contributed by atoms with E-state index < -0.39 is 0 Å². The monoisotopic (exact) mass is 257 g/mol. The summed E-state index contributed by atoms with van der Waals surface area (Å²) in [6.07, 6.45) is 5.51. The summed E-state index contributed by atoms with van der Waals surface area (Å²) in [4.78, 5) is 9.64. The van der Waals surface area contributed by atoms with E-state index in [0.29, 0.717) is 0 Å². The van der Waals surface area contributed by atoms with Crippen LogP contribution in [0.25, 0.3) is 0 Å². The molecule has 0 atom stereocenters. The van der Waals surface area contributed by atoms with Crippen LogP contribution >= 0.6 is 0 Å². The van der Waals surface area contributed by atoms with E-state index in [2.05, 4.69) is 27.5 Å². The van der Waals surface area contributed by atoms with Gasteiger partial charge in [-0.15, -0.1) is 6.58 Å². The molecule has 0 aliphatic rings. The van der Waals surface area contributed by atoms with Gasteiger partial charge in [0.1, 0.15) is 11.6 Å². The van der Waals surface area contributed by atoms with Crippen LogP contribution in [-0.4, -0.2) is 28.5 Å². The molecule has 19 heavy (non-hydrogen) atoms. The number of ether oxygens (including phenoxy) is 1. The van der Waals surface area contributed by atoms with Crippen molar-refractivity contribution in [3.63, 3.8) is 0 Å². The molecule has 0 aliphatic carbocycles. The van der Waals surface area contributed by atoms with E-state index in [1.807, 2.05) is 30.5 Å². The maximum atomic E-state index is 5.38. The molecule has 0 saturated carbocycles. The van der Waals surface area contributed by atoms with Crippen molar-refractivity contribution < 1.29 is 4.74 Å². The van der Waals surface area contributed by atoms with Gasteiger partial charge in [0.05, 0.1) is 13.7 Å². The van der Waals surface area contributed by atoms with E-state index in [0.717, 1.165) is 31.2 Å². The van der Waals surface area contributed by atoms with Gasteiger partial charge in [-0.3, -0.25) is 4.90 Å². The van der Waals surface area contributed by atoms with E-state index in [9.17, 15) is 0 Å². The van der Waals surface area contributed by atoms with E-state index in [1.165, 1.54) is 5.56 Å². The van der Waals surface area contributed by atoms with Gasteiger partial charge in [0.2, 0.25) is 0 Å². The van der Waals surface area contributed by atoms with Crippen LogP contribution in [0.4, 0.5) is 0 Å². The van der Waals surface area contributed by atoms with Gasteiger partial charge in [-0.25, -0.2) is 4.98 Å². The molecule has 1 aromatic carbocycles. The molecule has 0 amide bonds. The predicted octanol–water partition coefficient (Wildman–Crippen LogP) is 2.61. The summed E-state index contributed by atoms with van der Waals surface area (Å²) in [7, 11) is 1.70. The van der Waals surface area contributed by atoms with E-state index in [4.69, 9.17) is 4.74 Å². The lowest BCUT2D eigenvalue weighted by molar-refractivity contribution is 0.274. The minimum atomic E-state index is 0.761. The van der Waals surface area contributed by atoms with Gasteiger partial charge < -0.3 is 9.72 Å². The van der Waals surface area contributed by atoms with Crippen molar-refractivity contribution in [2.24, 2.45) is 0 Å². The highest BCUT2D eigenvalue weighted by atomic mass is 16.5. The second-order valence-electron chi connectivity index (χ2n) is 4.31. The topological polar surface area (TPSA) is 41.2 Å². The molecule has 0 spiro atoms. The molecule has 1 heterocycles. The second-order valence-corrected chi connectivity index (χ2v) is 4.31. The number of nitrogens with one attached hydrogen (secondary N) is 1. The molecule has 1 aromatic heterocycles. The van der Waals surface area contributed by atoms with Crippen LogP contribution in [0.15, 0.2) is 49.3 Å². The lowest BCUT2D eigenvalue weighted by Gasteiger charge is -2.20. The predicted molar refractivity (Wildman–Crippen MR) is 75.9 cm³/mol. The molecule has 2 rings (SSSR count). The fourth-order valence-electron chi connectivity index (χ4n) is 2.04. The molecule has 0 fully saturated rings. The van der Waals surface area contributed by atoms with E-state index in [1.54, 1.807) is 13.3 Å². The number of rotatable bonds is 7. The lowest BCUT2D eigenvalue weighted by Crippen LogP contribution is -2.23. The van der Waals surface area contributed by atoms with E-state index >= 15 is 0 Å². The maximum Gasteiger partial charge on any atom is 0.123 e. The number of hydrogen-bond acceptors (Lipinski definition) is 3. The van der Waals surface area contributed by atoms with Crippen LogP contribution in [0, 0.1) is 0 Å². The Kier molecular flexibility index (Phi) is 4.75.